The van der Waals surface area contributed by atoms with Gasteiger partial charge < -0.3 is 4.74 Å². The lowest BCUT2D eigenvalue weighted by atomic mass is 10.1. The van der Waals surface area contributed by atoms with Crippen molar-refractivity contribution in [1.82, 2.24) is 9.78 Å². The van der Waals surface area contributed by atoms with Crippen LogP contribution in [-0.4, -0.2) is 15.9 Å². The maximum Gasteiger partial charge on any atom is 0.438 e. The highest BCUT2D eigenvalue weighted by Crippen LogP contribution is 2.22. The molecule has 1 heterocycles. The lowest BCUT2D eigenvalue weighted by Crippen LogP contribution is -2.29. The summed E-state index contributed by atoms with van der Waals surface area (Å²) in [5.41, 5.74) is 1.28. The minimum atomic E-state index is -0.881. The van der Waals surface area contributed by atoms with Crippen LogP contribution in [0.4, 0.5) is 4.79 Å². The molecule has 0 saturated carbocycles. The molecule has 5 nitrogen and oxygen atoms in total. The summed E-state index contributed by atoms with van der Waals surface area (Å²) in [7, 11) is 0. The number of ether oxygens (including phenoxy) is 1. The largest absolute Gasteiger partial charge is 0.443 e. The standard InChI is InChI=1S/C18H11Cl2IN2O3/c19-13-5-4-12(15(20)9-13)10-26-18(25)23-17(24)7-6-16(22-23)11-2-1-3-14(21)8-11/h1-9H,10H2. The van der Waals surface area contributed by atoms with Gasteiger partial charge in [0.25, 0.3) is 5.56 Å². The molecule has 132 valence electrons. The number of hydrogen-bond donors (Lipinski definition) is 0. The van der Waals surface area contributed by atoms with Crippen LogP contribution in [0.2, 0.25) is 10.0 Å². The van der Waals surface area contributed by atoms with E-state index >= 15 is 0 Å². The number of benzene rings is 2. The molecule has 8 heteroatoms. The lowest BCUT2D eigenvalue weighted by Gasteiger charge is -2.09. The molecule has 0 aliphatic rings. The minimum Gasteiger partial charge on any atom is -0.443 e. The molecule has 3 aromatic rings. The van der Waals surface area contributed by atoms with Gasteiger partial charge in [-0.2, -0.15) is 5.10 Å². The van der Waals surface area contributed by atoms with E-state index in [9.17, 15) is 9.59 Å². The predicted molar refractivity (Wildman–Crippen MR) is 109 cm³/mol. The second-order valence-electron chi connectivity index (χ2n) is 5.27. The quantitative estimate of drug-likeness (QED) is 0.474. The van der Waals surface area contributed by atoms with Gasteiger partial charge in [-0.3, -0.25) is 4.79 Å². The van der Waals surface area contributed by atoms with Gasteiger partial charge in [-0.15, -0.1) is 4.68 Å². The summed E-state index contributed by atoms with van der Waals surface area (Å²) < 4.78 is 6.87. The molecule has 0 N–H and O–H groups in total. The van der Waals surface area contributed by atoms with E-state index < -0.39 is 11.7 Å². The van der Waals surface area contributed by atoms with Crippen LogP contribution < -0.4 is 5.56 Å². The Hall–Kier alpha value is -1.90. The van der Waals surface area contributed by atoms with E-state index in [0.717, 1.165) is 9.13 Å². The highest BCUT2D eigenvalue weighted by Gasteiger charge is 2.13. The summed E-state index contributed by atoms with van der Waals surface area (Å²) in [4.78, 5) is 24.3. The van der Waals surface area contributed by atoms with Gasteiger partial charge in [-0.1, -0.05) is 41.4 Å². The summed E-state index contributed by atoms with van der Waals surface area (Å²) in [6, 6.07) is 15.2. The molecule has 0 atom stereocenters. The average molecular weight is 501 g/mol. The van der Waals surface area contributed by atoms with Gasteiger partial charge in [0, 0.05) is 30.8 Å². The Morgan fingerprint density at radius 3 is 2.65 bits per heavy atom. The summed E-state index contributed by atoms with van der Waals surface area (Å²) in [5.74, 6) is 0. The van der Waals surface area contributed by atoms with Gasteiger partial charge in [-0.25, -0.2) is 4.79 Å². The molecule has 0 spiro atoms. The predicted octanol–water partition coefficient (Wildman–Crippen LogP) is 5.01. The van der Waals surface area contributed by atoms with Crippen molar-refractivity contribution >= 4 is 51.9 Å². The Bertz CT molecular complexity index is 1040. The minimum absolute atomic E-state index is 0.101. The van der Waals surface area contributed by atoms with E-state index in [4.69, 9.17) is 27.9 Å². The van der Waals surface area contributed by atoms with Crippen LogP contribution in [0.3, 0.4) is 0 Å². The van der Waals surface area contributed by atoms with Crippen molar-refractivity contribution in [3.8, 4) is 11.3 Å². The SMILES string of the molecule is O=C(OCc1ccc(Cl)cc1Cl)n1nc(-c2cccc(I)c2)ccc1=O. The van der Waals surface area contributed by atoms with E-state index in [0.29, 0.717) is 26.0 Å². The zero-order valence-corrected chi connectivity index (χ0v) is 16.8. The molecule has 0 aliphatic heterocycles. The molecule has 0 aliphatic carbocycles. The number of hydrogen-bond acceptors (Lipinski definition) is 4. The van der Waals surface area contributed by atoms with Gasteiger partial charge in [-0.05, 0) is 52.9 Å². The molecule has 0 unspecified atom stereocenters. The van der Waals surface area contributed by atoms with Crippen molar-refractivity contribution in [3.05, 3.63) is 84.1 Å². The molecule has 0 saturated heterocycles. The number of aromatic nitrogens is 2. The van der Waals surface area contributed by atoms with Crippen molar-refractivity contribution in [2.45, 2.75) is 6.61 Å². The Morgan fingerprint density at radius 1 is 1.12 bits per heavy atom. The van der Waals surface area contributed by atoms with Crippen LogP contribution in [0, 0.1) is 3.57 Å². The van der Waals surface area contributed by atoms with Gasteiger partial charge in [0.1, 0.15) is 6.61 Å². The molecule has 0 amide bonds. The van der Waals surface area contributed by atoms with E-state index in [2.05, 4.69) is 27.7 Å². The molecule has 1 aromatic heterocycles. The van der Waals surface area contributed by atoms with Crippen molar-refractivity contribution < 1.29 is 9.53 Å². The molecule has 3 rings (SSSR count). The zero-order chi connectivity index (χ0) is 18.7. The molecule has 0 bridgehead atoms. The summed E-state index contributed by atoms with van der Waals surface area (Å²) in [6.45, 7) is -0.101. The number of halogens is 3. The van der Waals surface area contributed by atoms with E-state index in [1.165, 1.54) is 6.07 Å². The molecule has 0 fully saturated rings. The fraction of sp³-hybridized carbons (Fsp3) is 0.0556. The number of carbonyl (C=O) groups excluding carboxylic acids is 1. The third-order valence-corrected chi connectivity index (χ3v) is 4.72. The van der Waals surface area contributed by atoms with Crippen molar-refractivity contribution in [2.75, 3.05) is 0 Å². The van der Waals surface area contributed by atoms with Crippen LogP contribution in [0.1, 0.15) is 5.56 Å². The van der Waals surface area contributed by atoms with Crippen LogP contribution in [0.5, 0.6) is 0 Å². The maximum absolute atomic E-state index is 12.3. The highest BCUT2D eigenvalue weighted by molar-refractivity contribution is 14.1. The summed E-state index contributed by atoms with van der Waals surface area (Å²) in [6.07, 6.45) is -0.881. The third-order valence-electron chi connectivity index (χ3n) is 3.46. The van der Waals surface area contributed by atoms with Crippen molar-refractivity contribution in [2.24, 2.45) is 0 Å². The lowest BCUT2D eigenvalue weighted by molar-refractivity contribution is 0.136. The van der Waals surface area contributed by atoms with Gasteiger partial charge in [0.15, 0.2) is 0 Å². The number of carbonyl (C=O) groups is 1. The van der Waals surface area contributed by atoms with Crippen LogP contribution in [0.15, 0.2) is 59.4 Å². The summed E-state index contributed by atoms with van der Waals surface area (Å²) >= 11 is 14.1. The number of nitrogens with zero attached hydrogens (tertiary/aromatic N) is 2. The maximum atomic E-state index is 12.3. The summed E-state index contributed by atoms with van der Waals surface area (Å²) in [5, 5.41) is 4.96. The molecular weight excluding hydrogens is 490 g/mol. The Balaban J connectivity index is 1.83. The fourth-order valence-electron chi connectivity index (χ4n) is 2.18. The third kappa shape index (κ3) is 4.44. The van der Waals surface area contributed by atoms with Crippen molar-refractivity contribution in [3.63, 3.8) is 0 Å². The molecule has 2 aromatic carbocycles. The van der Waals surface area contributed by atoms with Crippen LogP contribution in [0.25, 0.3) is 11.3 Å². The van der Waals surface area contributed by atoms with E-state index in [1.807, 2.05) is 24.3 Å². The topological polar surface area (TPSA) is 61.2 Å². The normalized spacial score (nSPS) is 10.6. The first-order valence-corrected chi connectivity index (χ1v) is 9.25. The highest BCUT2D eigenvalue weighted by atomic mass is 127. The zero-order valence-electron chi connectivity index (χ0n) is 13.2. The fourth-order valence-corrected chi connectivity index (χ4v) is 3.19. The molecular formula is C18H11Cl2IN2O3. The van der Waals surface area contributed by atoms with E-state index in [-0.39, 0.29) is 6.61 Å². The van der Waals surface area contributed by atoms with Gasteiger partial charge in [0.05, 0.1) is 5.69 Å². The van der Waals surface area contributed by atoms with Gasteiger partial charge in [0.2, 0.25) is 0 Å². The van der Waals surface area contributed by atoms with Gasteiger partial charge >= 0.3 is 6.09 Å². The number of rotatable bonds is 3. The monoisotopic (exact) mass is 500 g/mol. The first-order chi connectivity index (χ1) is 12.4. The van der Waals surface area contributed by atoms with Crippen molar-refractivity contribution in [1.29, 1.82) is 0 Å². The average Bonchev–Trinajstić information content (AvgIpc) is 2.61. The Labute approximate surface area is 172 Å². The second kappa shape index (κ2) is 8.20. The van der Waals surface area contributed by atoms with E-state index in [1.54, 1.807) is 24.3 Å². The molecule has 26 heavy (non-hydrogen) atoms. The van der Waals surface area contributed by atoms with Crippen LogP contribution in [-0.2, 0) is 11.3 Å². The Morgan fingerprint density at radius 2 is 1.92 bits per heavy atom. The molecule has 0 radical (unpaired) electrons. The smallest absolute Gasteiger partial charge is 0.438 e. The first kappa shape index (κ1) is 18.9. The Kier molecular flexibility index (Phi) is 5.95. The second-order valence-corrected chi connectivity index (χ2v) is 7.36. The first-order valence-electron chi connectivity index (χ1n) is 7.41. The van der Waals surface area contributed by atoms with Crippen LogP contribution >= 0.6 is 45.8 Å².